The number of sulfonamides is 1. The van der Waals surface area contributed by atoms with Gasteiger partial charge in [-0.15, -0.1) is 0 Å². The van der Waals surface area contributed by atoms with Gasteiger partial charge in [0.25, 0.3) is 0 Å². The lowest BCUT2D eigenvalue weighted by Gasteiger charge is -2.36. The van der Waals surface area contributed by atoms with Crippen molar-refractivity contribution in [1.82, 2.24) is 4.31 Å². The minimum Gasteiger partial charge on any atom is -0.490 e. The molecule has 44 heavy (non-hydrogen) atoms. The van der Waals surface area contributed by atoms with Gasteiger partial charge in [0.2, 0.25) is 10.0 Å². The number of ether oxygens (including phenoxy) is 1. The Morgan fingerprint density at radius 1 is 1.05 bits per heavy atom. The number of nitrogens with zero attached hydrogens (tertiary/aromatic N) is 2. The van der Waals surface area contributed by atoms with Crippen LogP contribution in [0.5, 0.6) is 5.75 Å². The topological polar surface area (TPSA) is 87.1 Å². The van der Waals surface area contributed by atoms with E-state index >= 15 is 0 Å². The van der Waals surface area contributed by atoms with Crippen molar-refractivity contribution in [2.24, 2.45) is 5.92 Å². The van der Waals surface area contributed by atoms with Gasteiger partial charge >= 0.3 is 5.97 Å². The van der Waals surface area contributed by atoms with Crippen LogP contribution in [0.3, 0.4) is 0 Å². The zero-order valence-corrected chi connectivity index (χ0v) is 26.7. The molecule has 0 bridgehead atoms. The highest BCUT2D eigenvalue weighted by atomic mass is 32.2. The largest absolute Gasteiger partial charge is 0.490 e. The summed E-state index contributed by atoms with van der Waals surface area (Å²) in [5, 5.41) is 9.65. The van der Waals surface area contributed by atoms with Crippen molar-refractivity contribution in [3.05, 3.63) is 72.0 Å². The number of carboxylic acid groups (broad SMARTS) is 1. The minimum absolute atomic E-state index is 0.115. The van der Waals surface area contributed by atoms with E-state index in [1.54, 1.807) is 19.2 Å². The van der Waals surface area contributed by atoms with Gasteiger partial charge in [-0.3, -0.25) is 0 Å². The number of fused-ring (bicyclic) bond motifs is 1. The lowest BCUT2D eigenvalue weighted by atomic mass is 9.83. The second-order valence-corrected chi connectivity index (χ2v) is 14.1. The Morgan fingerprint density at radius 2 is 1.77 bits per heavy atom. The second-order valence-electron chi connectivity index (χ2n) is 12.2. The molecule has 236 valence electrons. The van der Waals surface area contributed by atoms with Crippen LogP contribution in [0.25, 0.3) is 11.1 Å². The molecule has 0 spiro atoms. The molecule has 0 amide bonds. The summed E-state index contributed by atoms with van der Waals surface area (Å²) in [6.07, 6.45) is 9.05. The number of likely N-dealkylation sites (N-methyl/N-ethyl adjacent to an activating group) is 1. The van der Waals surface area contributed by atoms with Crippen LogP contribution in [-0.4, -0.2) is 49.5 Å². The molecule has 0 aromatic heterocycles. The number of unbranched alkanes of at least 4 members (excludes halogenated alkanes) is 2. The lowest BCUT2D eigenvalue weighted by molar-refractivity contribution is 0.0692. The first kappa shape index (κ1) is 32.0. The smallest absolute Gasteiger partial charge is 0.338 e. The maximum absolute atomic E-state index is 14.5. The molecule has 1 N–H and O–H groups in total. The molecule has 7 nitrogen and oxygen atoms in total. The number of para-hydroxylation sites is 1. The van der Waals surface area contributed by atoms with E-state index in [9.17, 15) is 22.7 Å². The fraction of sp³-hybridized carbons (Fsp3) is 0.457. The fourth-order valence-corrected chi connectivity index (χ4v) is 8.26. The van der Waals surface area contributed by atoms with Gasteiger partial charge in [-0.1, -0.05) is 63.3 Å². The maximum Gasteiger partial charge on any atom is 0.338 e. The van der Waals surface area contributed by atoms with E-state index in [0.29, 0.717) is 29.1 Å². The highest BCUT2D eigenvalue weighted by molar-refractivity contribution is 7.89. The van der Waals surface area contributed by atoms with Crippen molar-refractivity contribution >= 4 is 27.4 Å². The number of benzene rings is 3. The van der Waals surface area contributed by atoms with E-state index in [0.717, 1.165) is 63.1 Å². The zero-order valence-electron chi connectivity index (χ0n) is 25.8. The maximum atomic E-state index is 14.5. The Bertz CT molecular complexity index is 1570. The molecule has 5 rings (SSSR count). The molecule has 2 aliphatic rings. The average Bonchev–Trinajstić information content (AvgIpc) is 3.10. The van der Waals surface area contributed by atoms with E-state index in [4.69, 9.17) is 4.74 Å². The standard InChI is InChI=1S/C35H43FN2O5S/c1-4-5-8-13-24(2)43-33-22-31-34(21-28(33)26-18-19-30(36)29(20-26)35(39)40)44(41,42)37(3)32(25-14-9-6-10-15-25)23-38(31)27-16-11-7-12-17-27/h7,11-12,16-22,24-25,32H,4-6,8-10,13-15,23H2,1-3H3,(H,39,40)/t24-,32-/m0/s1. The molecule has 2 atom stereocenters. The Balaban J connectivity index is 1.72. The first-order valence-corrected chi connectivity index (χ1v) is 17.2. The number of rotatable bonds is 10. The quantitative estimate of drug-likeness (QED) is 0.229. The molecule has 0 radical (unpaired) electrons. The van der Waals surface area contributed by atoms with Crippen LogP contribution >= 0.6 is 0 Å². The molecule has 3 aromatic rings. The Kier molecular flexibility index (Phi) is 9.95. The zero-order chi connectivity index (χ0) is 31.4. The van der Waals surface area contributed by atoms with Crippen molar-refractivity contribution in [1.29, 1.82) is 0 Å². The summed E-state index contributed by atoms with van der Waals surface area (Å²) in [7, 11) is -2.31. The summed E-state index contributed by atoms with van der Waals surface area (Å²) >= 11 is 0. The fourth-order valence-electron chi connectivity index (χ4n) is 6.66. The van der Waals surface area contributed by atoms with Crippen molar-refractivity contribution in [2.75, 3.05) is 18.5 Å². The van der Waals surface area contributed by atoms with E-state index in [2.05, 4.69) is 11.8 Å². The summed E-state index contributed by atoms with van der Waals surface area (Å²) in [4.78, 5) is 14.0. The van der Waals surface area contributed by atoms with Gasteiger partial charge in [0, 0.05) is 37.0 Å². The van der Waals surface area contributed by atoms with E-state index < -0.39 is 27.4 Å². The molecule has 3 aromatic carbocycles. The first-order chi connectivity index (χ1) is 21.1. The van der Waals surface area contributed by atoms with E-state index in [1.807, 2.05) is 37.3 Å². The van der Waals surface area contributed by atoms with Gasteiger partial charge in [-0.05, 0) is 74.4 Å². The predicted octanol–water partition coefficient (Wildman–Crippen LogP) is 8.26. The summed E-state index contributed by atoms with van der Waals surface area (Å²) in [6.45, 7) is 4.61. The molecule has 9 heteroatoms. The summed E-state index contributed by atoms with van der Waals surface area (Å²) < 4.78 is 51.5. The highest BCUT2D eigenvalue weighted by Gasteiger charge is 2.41. The third-order valence-corrected chi connectivity index (χ3v) is 11.1. The van der Waals surface area contributed by atoms with Gasteiger partial charge in [0.05, 0.1) is 17.4 Å². The number of hydrogen-bond acceptors (Lipinski definition) is 5. The van der Waals surface area contributed by atoms with Crippen molar-refractivity contribution in [3.8, 4) is 16.9 Å². The molecule has 0 saturated heterocycles. The van der Waals surface area contributed by atoms with Crippen LogP contribution in [0.2, 0.25) is 0 Å². The van der Waals surface area contributed by atoms with Gasteiger partial charge in [-0.2, -0.15) is 4.31 Å². The number of carboxylic acids is 1. The lowest BCUT2D eigenvalue weighted by Crippen LogP contribution is -2.46. The molecule has 1 aliphatic carbocycles. The number of halogens is 1. The number of carbonyl (C=O) groups is 1. The number of anilines is 2. The third-order valence-electron chi connectivity index (χ3n) is 9.16. The summed E-state index contributed by atoms with van der Waals surface area (Å²) in [6, 6.07) is 16.8. The molecule has 1 fully saturated rings. The SMILES string of the molecule is CCCCC[C@H](C)Oc1cc2c(cc1-c1ccc(F)c(C(=O)O)c1)S(=O)(=O)N(C)[C@H](C1CCCCC1)CN2c1ccccc1. The van der Waals surface area contributed by atoms with Crippen LogP contribution in [0.4, 0.5) is 15.8 Å². The Labute approximate surface area is 260 Å². The Hall–Kier alpha value is -3.43. The monoisotopic (exact) mass is 622 g/mol. The molecule has 1 aliphatic heterocycles. The first-order valence-electron chi connectivity index (χ1n) is 15.8. The van der Waals surface area contributed by atoms with Crippen molar-refractivity contribution < 1.29 is 27.4 Å². The Morgan fingerprint density at radius 3 is 2.45 bits per heavy atom. The van der Waals surface area contributed by atoms with Crippen molar-refractivity contribution in [2.45, 2.75) is 88.7 Å². The second kappa shape index (κ2) is 13.7. The molecular formula is C35H43FN2O5S. The molecule has 1 saturated carbocycles. The van der Waals surface area contributed by atoms with Gasteiger partial charge in [-0.25, -0.2) is 17.6 Å². The normalized spacial score (nSPS) is 19.6. The van der Waals surface area contributed by atoms with E-state index in [1.165, 1.54) is 22.9 Å². The molecular weight excluding hydrogens is 579 g/mol. The summed E-state index contributed by atoms with van der Waals surface area (Å²) in [5.41, 5.74) is 1.70. The van der Waals surface area contributed by atoms with Crippen LogP contribution in [0.1, 0.15) is 82.0 Å². The highest BCUT2D eigenvalue weighted by Crippen LogP contribution is 2.46. The average molecular weight is 623 g/mol. The number of hydrogen-bond donors (Lipinski definition) is 1. The van der Waals surface area contributed by atoms with Crippen molar-refractivity contribution in [3.63, 3.8) is 0 Å². The number of aromatic carboxylic acids is 1. The predicted molar refractivity (Wildman–Crippen MR) is 172 cm³/mol. The third kappa shape index (κ3) is 6.64. The van der Waals surface area contributed by atoms with Crippen LogP contribution in [-0.2, 0) is 10.0 Å². The van der Waals surface area contributed by atoms with Gasteiger partial charge in [0.15, 0.2) is 0 Å². The van der Waals surface area contributed by atoms with Crippen LogP contribution in [0, 0.1) is 11.7 Å². The summed E-state index contributed by atoms with van der Waals surface area (Å²) in [5.74, 6) is -1.59. The molecule has 1 heterocycles. The molecule has 0 unspecified atom stereocenters. The minimum atomic E-state index is -3.98. The van der Waals surface area contributed by atoms with Crippen LogP contribution in [0.15, 0.2) is 65.6 Å². The van der Waals surface area contributed by atoms with Crippen LogP contribution < -0.4 is 9.64 Å². The van der Waals surface area contributed by atoms with Gasteiger partial charge < -0.3 is 14.7 Å². The van der Waals surface area contributed by atoms with Gasteiger partial charge in [0.1, 0.15) is 16.5 Å². The van der Waals surface area contributed by atoms with E-state index in [-0.39, 0.29) is 23.0 Å².